The molecule has 3 nitrogen and oxygen atoms in total. The maximum Gasteiger partial charge on any atom is 0.151 e. The van der Waals surface area contributed by atoms with Gasteiger partial charge in [0.1, 0.15) is 5.75 Å². The van der Waals surface area contributed by atoms with E-state index < -0.39 is 0 Å². The third-order valence-electron chi connectivity index (χ3n) is 4.19. The van der Waals surface area contributed by atoms with Gasteiger partial charge in [-0.15, -0.1) is 0 Å². The number of rotatable bonds is 3. The minimum absolute atomic E-state index is 0.201. The first-order chi connectivity index (χ1) is 9.10. The molecule has 19 heavy (non-hydrogen) atoms. The highest BCUT2D eigenvalue weighted by Crippen LogP contribution is 2.38. The van der Waals surface area contributed by atoms with Gasteiger partial charge in [-0.2, -0.15) is 0 Å². The summed E-state index contributed by atoms with van der Waals surface area (Å²) in [6.07, 6.45) is 4.16. The number of ether oxygens (including phenoxy) is 1. The van der Waals surface area contributed by atoms with E-state index in [0.717, 1.165) is 18.2 Å². The summed E-state index contributed by atoms with van der Waals surface area (Å²) in [5.74, 6) is 0.371. The molecule has 3 rings (SSSR count). The summed E-state index contributed by atoms with van der Waals surface area (Å²) >= 11 is 0. The van der Waals surface area contributed by atoms with E-state index in [1.165, 1.54) is 6.07 Å². The zero-order valence-corrected chi connectivity index (χ0v) is 11.6. The topological polar surface area (TPSA) is 17.4 Å². The second-order valence-electron chi connectivity index (χ2n) is 5.51. The van der Waals surface area contributed by atoms with E-state index >= 15 is 0 Å². The second kappa shape index (κ2) is 4.53. The van der Waals surface area contributed by atoms with Crippen LogP contribution in [-0.2, 0) is 0 Å². The molecule has 1 heterocycles. The predicted molar refractivity (Wildman–Crippen MR) is 74.2 cm³/mol. The van der Waals surface area contributed by atoms with Crippen molar-refractivity contribution in [3.8, 4) is 5.75 Å². The Labute approximate surface area is 112 Å². The molecule has 0 atom stereocenters. The lowest BCUT2D eigenvalue weighted by Gasteiger charge is -2.40. The van der Waals surface area contributed by atoms with Crippen LogP contribution in [0.2, 0.25) is 0 Å². The van der Waals surface area contributed by atoms with E-state index in [1.54, 1.807) is 7.11 Å². The van der Waals surface area contributed by atoms with Gasteiger partial charge in [0.2, 0.25) is 0 Å². The number of hydrogen-bond acceptors (Lipinski definition) is 2. The third kappa shape index (κ3) is 2.00. The van der Waals surface area contributed by atoms with Gasteiger partial charge in [-0.3, -0.25) is 0 Å². The first kappa shape index (κ1) is 12.5. The Bertz CT molecular complexity index is 599. The lowest BCUT2D eigenvalue weighted by molar-refractivity contribution is 0.131. The molecule has 1 aromatic heterocycles. The van der Waals surface area contributed by atoms with E-state index in [4.69, 9.17) is 4.74 Å². The van der Waals surface area contributed by atoms with E-state index in [-0.39, 0.29) is 5.82 Å². The summed E-state index contributed by atoms with van der Waals surface area (Å²) in [5, 5.41) is 0.908. The monoisotopic (exact) mass is 262 g/mol. The molecule has 0 spiro atoms. The van der Waals surface area contributed by atoms with Crippen molar-refractivity contribution in [1.82, 2.24) is 9.47 Å². The van der Waals surface area contributed by atoms with Crippen molar-refractivity contribution in [3.05, 3.63) is 30.2 Å². The molecule has 1 aliphatic carbocycles. The highest BCUT2D eigenvalue weighted by Gasteiger charge is 2.32. The quantitative estimate of drug-likeness (QED) is 0.846. The smallest absolute Gasteiger partial charge is 0.151 e. The summed E-state index contributed by atoms with van der Waals surface area (Å²) in [5.41, 5.74) is 0.697. The van der Waals surface area contributed by atoms with E-state index in [1.807, 2.05) is 18.3 Å². The van der Waals surface area contributed by atoms with Crippen LogP contribution < -0.4 is 4.74 Å². The van der Waals surface area contributed by atoms with E-state index in [0.29, 0.717) is 23.3 Å². The highest BCUT2D eigenvalue weighted by atomic mass is 19.1. The normalized spacial score (nSPS) is 22.8. The summed E-state index contributed by atoms with van der Waals surface area (Å²) in [6.45, 7) is 0. The third-order valence-corrected chi connectivity index (χ3v) is 4.19. The van der Waals surface area contributed by atoms with Crippen LogP contribution in [0.5, 0.6) is 5.75 Å². The molecule has 0 unspecified atom stereocenters. The molecule has 0 aliphatic heterocycles. The minimum atomic E-state index is -0.201. The van der Waals surface area contributed by atoms with Crippen molar-refractivity contribution in [2.45, 2.75) is 24.9 Å². The van der Waals surface area contributed by atoms with Gasteiger partial charge in [-0.05, 0) is 39.1 Å². The van der Waals surface area contributed by atoms with E-state index in [2.05, 4.69) is 23.6 Å². The molecule has 0 amide bonds. The lowest BCUT2D eigenvalue weighted by atomic mass is 9.85. The Balaban J connectivity index is 1.94. The predicted octanol–water partition coefficient (Wildman–Crippen LogP) is 3.05. The second-order valence-corrected chi connectivity index (χ2v) is 5.51. The van der Waals surface area contributed by atoms with Crippen LogP contribution in [0.1, 0.15) is 18.9 Å². The number of hydrogen-bond donors (Lipinski definition) is 0. The van der Waals surface area contributed by atoms with Crippen molar-refractivity contribution in [2.75, 3.05) is 21.2 Å². The average Bonchev–Trinajstić information content (AvgIpc) is 2.71. The van der Waals surface area contributed by atoms with Gasteiger partial charge in [0.25, 0.3) is 0 Å². The van der Waals surface area contributed by atoms with Gasteiger partial charge in [0.15, 0.2) is 5.82 Å². The Morgan fingerprint density at radius 1 is 1.32 bits per heavy atom. The summed E-state index contributed by atoms with van der Waals surface area (Å²) < 4.78 is 21.4. The largest absolute Gasteiger partial charge is 0.497 e. The van der Waals surface area contributed by atoms with Gasteiger partial charge in [-0.25, -0.2) is 4.39 Å². The molecule has 1 aliphatic rings. The van der Waals surface area contributed by atoms with Crippen molar-refractivity contribution in [2.24, 2.45) is 0 Å². The zero-order chi connectivity index (χ0) is 13.6. The van der Waals surface area contributed by atoms with Crippen LogP contribution in [0, 0.1) is 5.82 Å². The van der Waals surface area contributed by atoms with Crippen LogP contribution >= 0.6 is 0 Å². The number of benzene rings is 1. The molecule has 1 fully saturated rings. The molecule has 2 aromatic rings. The summed E-state index contributed by atoms with van der Waals surface area (Å²) in [7, 11) is 5.76. The van der Waals surface area contributed by atoms with Crippen molar-refractivity contribution >= 4 is 10.9 Å². The van der Waals surface area contributed by atoms with E-state index in [9.17, 15) is 4.39 Å². The molecule has 0 saturated heterocycles. The number of nitrogens with zero attached hydrogens (tertiary/aromatic N) is 2. The average molecular weight is 262 g/mol. The van der Waals surface area contributed by atoms with Crippen LogP contribution in [0.15, 0.2) is 24.4 Å². The van der Waals surface area contributed by atoms with Gasteiger partial charge in [0, 0.05) is 29.7 Å². The SMILES string of the molecule is COc1cc(F)c2c(ccn2C2CC(N(C)C)C2)c1. The molecule has 4 heteroatoms. The maximum atomic E-state index is 14.2. The Hall–Kier alpha value is -1.55. The molecule has 1 aromatic carbocycles. The van der Waals surface area contributed by atoms with Crippen molar-refractivity contribution < 1.29 is 9.13 Å². The Morgan fingerprint density at radius 3 is 2.68 bits per heavy atom. The molecule has 0 radical (unpaired) electrons. The van der Waals surface area contributed by atoms with Crippen LogP contribution in [0.4, 0.5) is 4.39 Å². The van der Waals surface area contributed by atoms with Crippen molar-refractivity contribution in [3.63, 3.8) is 0 Å². The summed E-state index contributed by atoms with van der Waals surface area (Å²) in [6, 6.07) is 6.33. The molecule has 102 valence electrons. The molecular weight excluding hydrogens is 243 g/mol. The maximum absolute atomic E-state index is 14.2. The first-order valence-corrected chi connectivity index (χ1v) is 6.60. The molecule has 1 saturated carbocycles. The summed E-state index contributed by atoms with van der Waals surface area (Å²) in [4.78, 5) is 2.24. The van der Waals surface area contributed by atoms with Crippen LogP contribution in [0.25, 0.3) is 10.9 Å². The molecule has 0 bridgehead atoms. The minimum Gasteiger partial charge on any atom is -0.497 e. The fraction of sp³-hybridized carbons (Fsp3) is 0.467. The standard InChI is InChI=1S/C15H19FN2O/c1-17(2)11-7-12(8-11)18-5-4-10-6-13(19-3)9-14(16)15(10)18/h4-6,9,11-12H,7-8H2,1-3H3. The lowest BCUT2D eigenvalue weighted by Crippen LogP contribution is -2.41. The number of methoxy groups -OCH3 is 1. The van der Waals surface area contributed by atoms with Gasteiger partial charge < -0.3 is 14.2 Å². The van der Waals surface area contributed by atoms with Gasteiger partial charge in [-0.1, -0.05) is 0 Å². The fourth-order valence-corrected chi connectivity index (χ4v) is 2.86. The number of aromatic nitrogens is 1. The first-order valence-electron chi connectivity index (χ1n) is 6.60. The Morgan fingerprint density at radius 2 is 2.05 bits per heavy atom. The van der Waals surface area contributed by atoms with Crippen molar-refractivity contribution in [1.29, 1.82) is 0 Å². The van der Waals surface area contributed by atoms with Crippen LogP contribution in [0.3, 0.4) is 0 Å². The van der Waals surface area contributed by atoms with Gasteiger partial charge in [0.05, 0.1) is 12.6 Å². The zero-order valence-electron chi connectivity index (χ0n) is 11.6. The highest BCUT2D eigenvalue weighted by molar-refractivity contribution is 5.82. The fourth-order valence-electron chi connectivity index (χ4n) is 2.86. The van der Waals surface area contributed by atoms with Crippen LogP contribution in [-0.4, -0.2) is 36.7 Å². The molecule has 0 N–H and O–H groups in total. The Kier molecular flexibility index (Phi) is 2.97. The molecular formula is C15H19FN2O. The van der Waals surface area contributed by atoms with Gasteiger partial charge >= 0.3 is 0 Å². The number of halogens is 1. The number of fused-ring (bicyclic) bond motifs is 1.